The van der Waals surface area contributed by atoms with Crippen LogP contribution >= 0.6 is 0 Å². The summed E-state index contributed by atoms with van der Waals surface area (Å²) in [6.45, 7) is 16.3. The summed E-state index contributed by atoms with van der Waals surface area (Å²) in [7, 11) is 3.22. The van der Waals surface area contributed by atoms with Crippen molar-refractivity contribution in [3.8, 4) is 0 Å². The highest BCUT2D eigenvalue weighted by Crippen LogP contribution is 2.27. The predicted octanol–water partition coefficient (Wildman–Crippen LogP) is 6.44. The fourth-order valence-corrected chi connectivity index (χ4v) is 3.86. The van der Waals surface area contributed by atoms with E-state index in [0.29, 0.717) is 11.6 Å². The lowest BCUT2D eigenvalue weighted by Gasteiger charge is -2.15. The molecule has 0 bridgehead atoms. The van der Waals surface area contributed by atoms with Gasteiger partial charge in [-0.15, -0.1) is 0 Å². The standard InChI is InChI=1S/C26H35N3O2/c1-15-11-17(3)23(18(4)12-15)27-21(7)25(30-9)29-26(31-10)22(8)28-24-19(5)13-16(2)14-20(24)6/h11-14,25H,1-10H3. The van der Waals surface area contributed by atoms with E-state index in [-0.39, 0.29) is 0 Å². The van der Waals surface area contributed by atoms with Gasteiger partial charge >= 0.3 is 0 Å². The zero-order chi connectivity index (χ0) is 23.3. The molecule has 1 atom stereocenters. The van der Waals surface area contributed by atoms with Gasteiger partial charge in [-0.25, -0.2) is 9.98 Å². The molecule has 1 unspecified atom stereocenters. The summed E-state index contributed by atoms with van der Waals surface area (Å²) in [5.41, 5.74) is 10.3. The Bertz CT molecular complexity index is 1000. The molecule has 0 aliphatic rings. The molecule has 0 radical (unpaired) electrons. The Morgan fingerprint density at radius 2 is 1.13 bits per heavy atom. The average molecular weight is 422 g/mol. The van der Waals surface area contributed by atoms with Crippen molar-refractivity contribution in [2.45, 2.75) is 61.6 Å². The molecule has 166 valence electrons. The maximum atomic E-state index is 5.63. The first-order valence-electron chi connectivity index (χ1n) is 10.5. The Kier molecular flexibility index (Phi) is 8.28. The van der Waals surface area contributed by atoms with Crippen molar-refractivity contribution in [2.24, 2.45) is 15.0 Å². The average Bonchev–Trinajstić information content (AvgIpc) is 2.68. The van der Waals surface area contributed by atoms with E-state index in [1.54, 1.807) is 14.2 Å². The number of methoxy groups -OCH3 is 2. The molecule has 2 rings (SSSR count). The van der Waals surface area contributed by atoms with E-state index in [9.17, 15) is 0 Å². The smallest absolute Gasteiger partial charge is 0.233 e. The molecule has 0 aliphatic heterocycles. The van der Waals surface area contributed by atoms with Crippen LogP contribution in [0.2, 0.25) is 0 Å². The lowest BCUT2D eigenvalue weighted by atomic mass is 10.1. The summed E-state index contributed by atoms with van der Waals surface area (Å²) >= 11 is 0. The molecule has 0 heterocycles. The van der Waals surface area contributed by atoms with Crippen LogP contribution < -0.4 is 0 Å². The maximum Gasteiger partial charge on any atom is 0.233 e. The number of aliphatic imine (C=N–C) groups is 3. The van der Waals surface area contributed by atoms with Gasteiger partial charge in [0.25, 0.3) is 0 Å². The Hall–Kier alpha value is -2.79. The summed E-state index contributed by atoms with van der Waals surface area (Å²) in [4.78, 5) is 14.3. The van der Waals surface area contributed by atoms with E-state index < -0.39 is 6.23 Å². The van der Waals surface area contributed by atoms with Gasteiger partial charge in [-0.1, -0.05) is 35.4 Å². The first-order valence-corrected chi connectivity index (χ1v) is 10.5. The van der Waals surface area contributed by atoms with Gasteiger partial charge in [0.2, 0.25) is 5.90 Å². The summed E-state index contributed by atoms with van der Waals surface area (Å²) < 4.78 is 11.2. The molecule has 0 fully saturated rings. The largest absolute Gasteiger partial charge is 0.480 e. The van der Waals surface area contributed by atoms with Gasteiger partial charge in [0.1, 0.15) is 0 Å². The van der Waals surface area contributed by atoms with Crippen LogP contribution in [0.15, 0.2) is 39.2 Å². The zero-order valence-corrected chi connectivity index (χ0v) is 20.5. The second-order valence-electron chi connectivity index (χ2n) is 8.17. The van der Waals surface area contributed by atoms with Crippen LogP contribution in [-0.2, 0) is 9.47 Å². The highest BCUT2D eigenvalue weighted by Gasteiger charge is 2.16. The summed E-state index contributed by atoms with van der Waals surface area (Å²) in [5, 5.41) is 0. The number of aryl methyl sites for hydroxylation is 6. The van der Waals surface area contributed by atoms with E-state index >= 15 is 0 Å². The first kappa shape index (κ1) is 24.5. The minimum atomic E-state index is -0.569. The molecule has 31 heavy (non-hydrogen) atoms. The summed E-state index contributed by atoms with van der Waals surface area (Å²) in [6, 6.07) is 8.52. The van der Waals surface area contributed by atoms with E-state index in [1.165, 1.54) is 11.1 Å². The fraction of sp³-hybridized carbons (Fsp3) is 0.423. The van der Waals surface area contributed by atoms with Crippen LogP contribution in [0.5, 0.6) is 0 Å². The second kappa shape index (κ2) is 10.5. The minimum absolute atomic E-state index is 0.429. The van der Waals surface area contributed by atoms with Crippen LogP contribution in [0.25, 0.3) is 0 Å². The topological polar surface area (TPSA) is 55.5 Å². The number of hydrogen-bond donors (Lipinski definition) is 0. The SMILES string of the molecule is COC(=NC(OC)C(C)=Nc1c(C)cc(C)cc1C)C(C)=Nc1c(C)cc(C)cc1C. The Labute approximate surface area is 187 Å². The number of hydrogen-bond acceptors (Lipinski definition) is 5. The molecule has 0 aromatic heterocycles. The third kappa shape index (κ3) is 6.11. The van der Waals surface area contributed by atoms with Crippen LogP contribution in [0.3, 0.4) is 0 Å². The summed E-state index contributed by atoms with van der Waals surface area (Å²) in [5.74, 6) is 0.429. The van der Waals surface area contributed by atoms with Gasteiger partial charge < -0.3 is 9.47 Å². The Morgan fingerprint density at radius 3 is 1.52 bits per heavy atom. The molecular formula is C26H35N3O2. The molecule has 2 aromatic rings. The number of rotatable bonds is 6. The lowest BCUT2D eigenvalue weighted by Crippen LogP contribution is -2.23. The Morgan fingerprint density at radius 1 is 0.710 bits per heavy atom. The van der Waals surface area contributed by atoms with E-state index in [1.807, 2.05) is 13.8 Å². The quantitative estimate of drug-likeness (QED) is 0.398. The predicted molar refractivity (Wildman–Crippen MR) is 132 cm³/mol. The molecule has 2 aromatic carbocycles. The number of nitrogens with zero attached hydrogens (tertiary/aromatic N) is 3. The van der Waals surface area contributed by atoms with Crippen LogP contribution in [0, 0.1) is 41.5 Å². The zero-order valence-electron chi connectivity index (χ0n) is 20.5. The number of ether oxygens (including phenoxy) is 2. The molecular weight excluding hydrogens is 386 g/mol. The lowest BCUT2D eigenvalue weighted by molar-refractivity contribution is 0.160. The van der Waals surface area contributed by atoms with Gasteiger partial charge in [-0.3, -0.25) is 4.99 Å². The third-order valence-corrected chi connectivity index (χ3v) is 5.16. The van der Waals surface area contributed by atoms with Crippen molar-refractivity contribution in [1.82, 2.24) is 0 Å². The molecule has 5 heteroatoms. The molecule has 0 amide bonds. The minimum Gasteiger partial charge on any atom is -0.480 e. The molecule has 0 aliphatic carbocycles. The number of benzene rings is 2. The van der Waals surface area contributed by atoms with Gasteiger partial charge in [-0.2, -0.15) is 0 Å². The molecule has 0 saturated carbocycles. The third-order valence-electron chi connectivity index (χ3n) is 5.16. The van der Waals surface area contributed by atoms with Gasteiger partial charge in [0.05, 0.1) is 29.9 Å². The van der Waals surface area contributed by atoms with Crippen molar-refractivity contribution in [3.63, 3.8) is 0 Å². The maximum absolute atomic E-state index is 5.63. The van der Waals surface area contributed by atoms with Gasteiger partial charge in [-0.05, 0) is 77.6 Å². The molecule has 0 spiro atoms. The van der Waals surface area contributed by atoms with Crippen molar-refractivity contribution in [1.29, 1.82) is 0 Å². The van der Waals surface area contributed by atoms with Crippen molar-refractivity contribution in [2.75, 3.05) is 14.2 Å². The Balaban J connectivity index is 2.43. The molecule has 0 saturated heterocycles. The van der Waals surface area contributed by atoms with Crippen LogP contribution in [-0.4, -0.2) is 37.8 Å². The van der Waals surface area contributed by atoms with Crippen molar-refractivity contribution < 1.29 is 9.47 Å². The molecule has 0 N–H and O–H groups in total. The van der Waals surface area contributed by atoms with E-state index in [0.717, 1.165) is 39.3 Å². The fourth-order valence-electron chi connectivity index (χ4n) is 3.86. The van der Waals surface area contributed by atoms with Gasteiger partial charge in [0, 0.05) is 7.11 Å². The summed E-state index contributed by atoms with van der Waals surface area (Å²) in [6.07, 6.45) is -0.569. The molecule has 5 nitrogen and oxygen atoms in total. The van der Waals surface area contributed by atoms with E-state index in [4.69, 9.17) is 19.5 Å². The first-order chi connectivity index (χ1) is 14.6. The van der Waals surface area contributed by atoms with E-state index in [2.05, 4.69) is 70.8 Å². The highest BCUT2D eigenvalue weighted by molar-refractivity contribution is 6.38. The van der Waals surface area contributed by atoms with Crippen molar-refractivity contribution >= 4 is 28.7 Å². The van der Waals surface area contributed by atoms with Crippen LogP contribution in [0.1, 0.15) is 47.2 Å². The monoisotopic (exact) mass is 421 g/mol. The highest BCUT2D eigenvalue weighted by atomic mass is 16.5. The van der Waals surface area contributed by atoms with Gasteiger partial charge in [0.15, 0.2) is 6.23 Å². The normalized spacial score (nSPS) is 14.1. The van der Waals surface area contributed by atoms with Crippen molar-refractivity contribution in [3.05, 3.63) is 57.6 Å². The van der Waals surface area contributed by atoms with Crippen LogP contribution in [0.4, 0.5) is 11.4 Å². The second-order valence-corrected chi connectivity index (χ2v) is 8.17.